The van der Waals surface area contributed by atoms with Gasteiger partial charge >= 0.3 is 0 Å². The number of nitrogens with zero attached hydrogens (tertiary/aromatic N) is 2. The summed E-state index contributed by atoms with van der Waals surface area (Å²) < 4.78 is 1.13. The lowest BCUT2D eigenvalue weighted by Crippen LogP contribution is -2.24. The number of carbonyl (C=O) groups excluding carboxylic acids is 1. The number of para-hydroxylation sites is 1. The monoisotopic (exact) mass is 322 g/mol. The van der Waals surface area contributed by atoms with Crippen molar-refractivity contribution in [3.63, 3.8) is 0 Å². The van der Waals surface area contributed by atoms with E-state index in [1.807, 2.05) is 56.3 Å². The van der Waals surface area contributed by atoms with E-state index in [0.717, 1.165) is 26.5 Å². The molecule has 0 aliphatic carbocycles. The van der Waals surface area contributed by atoms with Gasteiger partial charge in [-0.15, -0.1) is 11.3 Å². The summed E-state index contributed by atoms with van der Waals surface area (Å²) in [7, 11) is 1.80. The number of hydrogen-bond donors (Lipinski definition) is 0. The minimum Gasteiger partial charge on any atom is -0.312 e. The van der Waals surface area contributed by atoms with Gasteiger partial charge in [0.2, 0.25) is 0 Å². The van der Waals surface area contributed by atoms with Crippen LogP contribution in [0.5, 0.6) is 0 Å². The molecule has 116 valence electrons. The van der Waals surface area contributed by atoms with E-state index < -0.39 is 0 Å². The highest BCUT2D eigenvalue weighted by Gasteiger charge is 2.11. The van der Waals surface area contributed by atoms with E-state index in [1.165, 1.54) is 5.56 Å². The number of rotatable bonds is 3. The maximum atomic E-state index is 12.4. The van der Waals surface area contributed by atoms with Gasteiger partial charge in [0, 0.05) is 18.8 Å². The number of thiazole rings is 1. The Morgan fingerprint density at radius 1 is 1.13 bits per heavy atom. The van der Waals surface area contributed by atoms with Gasteiger partial charge in [-0.05, 0) is 49.2 Å². The minimum atomic E-state index is -0.0574. The Morgan fingerprint density at radius 3 is 2.70 bits per heavy atom. The number of hydrogen-bond acceptors (Lipinski definition) is 3. The molecule has 2 aromatic carbocycles. The number of fused-ring (bicyclic) bond motifs is 1. The molecule has 0 atom stereocenters. The third-order valence-electron chi connectivity index (χ3n) is 3.95. The molecule has 1 amide bonds. The predicted molar refractivity (Wildman–Crippen MR) is 98.0 cm³/mol. The maximum absolute atomic E-state index is 12.4. The molecule has 0 bridgehead atoms. The predicted octanol–water partition coefficient (Wildman–Crippen LogP) is 4.59. The highest BCUT2D eigenvalue weighted by molar-refractivity contribution is 7.19. The van der Waals surface area contributed by atoms with Crippen molar-refractivity contribution >= 4 is 39.2 Å². The van der Waals surface area contributed by atoms with Gasteiger partial charge < -0.3 is 4.90 Å². The minimum absolute atomic E-state index is 0.0574. The van der Waals surface area contributed by atoms with Crippen LogP contribution in [0.3, 0.4) is 0 Å². The van der Waals surface area contributed by atoms with E-state index in [-0.39, 0.29) is 5.91 Å². The third-order valence-corrected chi connectivity index (χ3v) is 4.95. The van der Waals surface area contributed by atoms with Crippen LogP contribution in [0.25, 0.3) is 16.3 Å². The molecule has 0 spiro atoms. The Labute approximate surface area is 139 Å². The van der Waals surface area contributed by atoms with Crippen LogP contribution in [0.2, 0.25) is 0 Å². The number of carbonyl (C=O) groups is 1. The third kappa shape index (κ3) is 3.17. The lowest BCUT2D eigenvalue weighted by Gasteiger charge is -2.19. The summed E-state index contributed by atoms with van der Waals surface area (Å²) in [4.78, 5) is 18.6. The van der Waals surface area contributed by atoms with E-state index in [0.29, 0.717) is 0 Å². The number of anilines is 1. The Balaban J connectivity index is 1.81. The Kier molecular flexibility index (Phi) is 4.26. The number of benzene rings is 2. The maximum Gasteiger partial charge on any atom is 0.250 e. The molecule has 0 unspecified atom stereocenters. The summed E-state index contributed by atoms with van der Waals surface area (Å²) in [6, 6.07) is 14.0. The topological polar surface area (TPSA) is 33.2 Å². The summed E-state index contributed by atoms with van der Waals surface area (Å²) in [6.45, 7) is 4.08. The molecule has 4 heteroatoms. The van der Waals surface area contributed by atoms with Gasteiger partial charge in [0.15, 0.2) is 0 Å². The van der Waals surface area contributed by atoms with Crippen molar-refractivity contribution in [1.82, 2.24) is 4.98 Å². The van der Waals surface area contributed by atoms with E-state index in [2.05, 4.69) is 4.98 Å². The van der Waals surface area contributed by atoms with Gasteiger partial charge in [0.1, 0.15) is 5.01 Å². The second-order valence-corrected chi connectivity index (χ2v) is 6.53. The first-order chi connectivity index (χ1) is 11.1. The summed E-state index contributed by atoms with van der Waals surface area (Å²) in [5, 5.41) is 0.842. The highest BCUT2D eigenvalue weighted by Crippen LogP contribution is 2.24. The zero-order valence-corrected chi connectivity index (χ0v) is 14.2. The number of likely N-dealkylation sites (N-methyl/N-ethyl adjacent to an activating group) is 1. The fraction of sp³-hybridized carbons (Fsp3) is 0.158. The largest absolute Gasteiger partial charge is 0.312 e. The van der Waals surface area contributed by atoms with E-state index in [4.69, 9.17) is 0 Å². The fourth-order valence-electron chi connectivity index (χ4n) is 2.43. The molecule has 3 rings (SSSR count). The van der Waals surface area contributed by atoms with Gasteiger partial charge in [-0.2, -0.15) is 0 Å². The van der Waals surface area contributed by atoms with Crippen molar-refractivity contribution in [2.75, 3.05) is 11.9 Å². The molecule has 0 radical (unpaired) electrons. The van der Waals surface area contributed by atoms with Crippen molar-refractivity contribution < 1.29 is 4.79 Å². The average Bonchev–Trinajstić information content (AvgIpc) is 2.97. The molecule has 0 aliphatic rings. The van der Waals surface area contributed by atoms with E-state index >= 15 is 0 Å². The molecule has 0 aliphatic heterocycles. The van der Waals surface area contributed by atoms with Crippen molar-refractivity contribution in [2.45, 2.75) is 13.8 Å². The van der Waals surface area contributed by atoms with Gasteiger partial charge in [-0.25, -0.2) is 4.98 Å². The molecular weight excluding hydrogens is 304 g/mol. The quantitative estimate of drug-likeness (QED) is 0.661. The average molecular weight is 322 g/mol. The van der Waals surface area contributed by atoms with Crippen LogP contribution >= 0.6 is 11.3 Å². The first-order valence-electron chi connectivity index (χ1n) is 7.44. The van der Waals surface area contributed by atoms with Crippen LogP contribution in [-0.2, 0) is 4.79 Å². The van der Waals surface area contributed by atoms with Crippen molar-refractivity contribution in [3.8, 4) is 0 Å². The van der Waals surface area contributed by atoms with Crippen LogP contribution in [-0.4, -0.2) is 17.9 Å². The highest BCUT2D eigenvalue weighted by atomic mass is 32.1. The summed E-state index contributed by atoms with van der Waals surface area (Å²) in [6.07, 6.45) is 3.37. The van der Waals surface area contributed by atoms with Crippen molar-refractivity contribution in [2.24, 2.45) is 0 Å². The van der Waals surface area contributed by atoms with Crippen LogP contribution in [0.15, 0.2) is 48.5 Å². The molecule has 3 nitrogen and oxygen atoms in total. The second kappa shape index (κ2) is 6.34. The fourth-order valence-corrected chi connectivity index (χ4v) is 3.30. The molecule has 0 saturated heterocycles. The van der Waals surface area contributed by atoms with Gasteiger partial charge in [0.05, 0.1) is 10.2 Å². The zero-order valence-electron chi connectivity index (χ0n) is 13.4. The molecule has 0 saturated carbocycles. The lowest BCUT2D eigenvalue weighted by molar-refractivity contribution is -0.113. The number of amides is 1. The SMILES string of the molecule is Cc1cccc(N(C)C(=O)/C=C/c2nc3ccccc3s2)c1C. The van der Waals surface area contributed by atoms with E-state index in [9.17, 15) is 4.79 Å². The lowest BCUT2D eigenvalue weighted by atomic mass is 10.1. The standard InChI is InChI=1S/C19H18N2OS/c1-13-7-6-9-16(14(13)2)21(3)19(22)12-11-18-20-15-8-4-5-10-17(15)23-18/h4-12H,1-3H3/b12-11+. The number of aryl methyl sites for hydroxylation is 1. The van der Waals surface area contributed by atoms with Crippen molar-refractivity contribution in [1.29, 1.82) is 0 Å². The smallest absolute Gasteiger partial charge is 0.250 e. The molecule has 0 N–H and O–H groups in total. The van der Waals surface area contributed by atoms with Gasteiger partial charge in [-0.1, -0.05) is 24.3 Å². The van der Waals surface area contributed by atoms with Crippen molar-refractivity contribution in [3.05, 3.63) is 64.7 Å². The van der Waals surface area contributed by atoms with Crippen LogP contribution in [0, 0.1) is 13.8 Å². The molecule has 1 aromatic heterocycles. The molecule has 1 heterocycles. The van der Waals surface area contributed by atoms with Crippen LogP contribution in [0.4, 0.5) is 5.69 Å². The van der Waals surface area contributed by atoms with Crippen LogP contribution < -0.4 is 4.90 Å². The Hall–Kier alpha value is -2.46. The molecular formula is C19H18N2OS. The Morgan fingerprint density at radius 2 is 1.91 bits per heavy atom. The summed E-state index contributed by atoms with van der Waals surface area (Å²) >= 11 is 1.58. The molecule has 0 fully saturated rings. The van der Waals surface area contributed by atoms with E-state index in [1.54, 1.807) is 35.4 Å². The normalized spacial score (nSPS) is 11.3. The number of aromatic nitrogens is 1. The molecule has 3 aromatic rings. The zero-order chi connectivity index (χ0) is 16.4. The molecule has 23 heavy (non-hydrogen) atoms. The summed E-state index contributed by atoms with van der Waals surface area (Å²) in [5.41, 5.74) is 4.20. The second-order valence-electron chi connectivity index (χ2n) is 5.47. The van der Waals surface area contributed by atoms with Gasteiger partial charge in [-0.3, -0.25) is 4.79 Å². The van der Waals surface area contributed by atoms with Crippen LogP contribution in [0.1, 0.15) is 16.1 Å². The summed E-state index contributed by atoms with van der Waals surface area (Å²) in [5.74, 6) is -0.0574. The Bertz CT molecular complexity index is 862. The first kappa shape index (κ1) is 15.4. The van der Waals surface area contributed by atoms with Gasteiger partial charge in [0.25, 0.3) is 5.91 Å². The first-order valence-corrected chi connectivity index (χ1v) is 8.25.